The van der Waals surface area contributed by atoms with Gasteiger partial charge in [-0.3, -0.25) is 4.79 Å². The fourth-order valence-electron chi connectivity index (χ4n) is 2.81. The minimum absolute atomic E-state index is 0.112. The Kier molecular flexibility index (Phi) is 4.49. The molecule has 1 N–H and O–H groups in total. The van der Waals surface area contributed by atoms with Crippen LogP contribution in [-0.4, -0.2) is 37.6 Å². The van der Waals surface area contributed by atoms with Gasteiger partial charge in [0.1, 0.15) is 6.04 Å². The van der Waals surface area contributed by atoms with E-state index in [1.165, 1.54) is 0 Å². The van der Waals surface area contributed by atoms with Gasteiger partial charge in [0.2, 0.25) is 15.9 Å². The molecule has 1 saturated heterocycles. The first-order valence-corrected chi connectivity index (χ1v) is 9.51. The van der Waals surface area contributed by atoms with E-state index < -0.39 is 16.1 Å². The number of nitrogens with one attached hydrogen (secondary N) is 1. The molecule has 0 bridgehead atoms. The zero-order chi connectivity index (χ0) is 15.6. The van der Waals surface area contributed by atoms with Crippen LogP contribution >= 0.6 is 0 Å². The summed E-state index contributed by atoms with van der Waals surface area (Å²) in [5, 5.41) is 0. The van der Waals surface area contributed by atoms with Crippen molar-refractivity contribution < 1.29 is 13.2 Å². The largest absolute Gasteiger partial charge is 0.337 e. The van der Waals surface area contributed by atoms with Crippen molar-refractivity contribution in [1.29, 1.82) is 0 Å². The van der Waals surface area contributed by atoms with Crippen molar-refractivity contribution in [2.45, 2.75) is 38.3 Å². The van der Waals surface area contributed by atoms with Gasteiger partial charge in [0.05, 0.1) is 5.75 Å². The summed E-state index contributed by atoms with van der Waals surface area (Å²) in [5.41, 5.74) is 1.06. The fraction of sp³-hybridized carbons (Fsp3) is 0.562. The molecule has 2 fully saturated rings. The molecule has 1 aliphatic carbocycles. The van der Waals surface area contributed by atoms with E-state index in [1.54, 1.807) is 4.90 Å². The second-order valence-corrected chi connectivity index (χ2v) is 8.13. The van der Waals surface area contributed by atoms with E-state index in [9.17, 15) is 13.2 Å². The van der Waals surface area contributed by atoms with Gasteiger partial charge in [0, 0.05) is 13.1 Å². The van der Waals surface area contributed by atoms with Crippen molar-refractivity contribution in [1.82, 2.24) is 9.62 Å². The minimum atomic E-state index is -3.35. The first-order valence-electron chi connectivity index (χ1n) is 7.86. The van der Waals surface area contributed by atoms with Crippen LogP contribution in [0.25, 0.3) is 0 Å². The maximum atomic E-state index is 12.3. The minimum Gasteiger partial charge on any atom is -0.337 e. The van der Waals surface area contributed by atoms with Crippen LogP contribution in [0.1, 0.15) is 31.2 Å². The van der Waals surface area contributed by atoms with Gasteiger partial charge in [-0.05, 0) is 24.3 Å². The van der Waals surface area contributed by atoms with Crippen molar-refractivity contribution in [2.75, 3.05) is 12.3 Å². The molecule has 6 heteroatoms. The Morgan fingerprint density at radius 1 is 1.14 bits per heavy atom. The van der Waals surface area contributed by atoms with E-state index in [-0.39, 0.29) is 11.7 Å². The molecule has 1 aromatic carbocycles. The molecule has 22 heavy (non-hydrogen) atoms. The first kappa shape index (κ1) is 15.5. The van der Waals surface area contributed by atoms with Gasteiger partial charge in [0.15, 0.2) is 0 Å². The predicted octanol–water partition coefficient (Wildman–Crippen LogP) is 1.51. The summed E-state index contributed by atoms with van der Waals surface area (Å²) in [5.74, 6) is 0.601. The van der Waals surface area contributed by atoms with Gasteiger partial charge in [0.25, 0.3) is 0 Å². The molecule has 2 aliphatic rings. The van der Waals surface area contributed by atoms with Crippen LogP contribution in [0.3, 0.4) is 0 Å². The average Bonchev–Trinajstić information content (AvgIpc) is 3.27. The summed E-state index contributed by atoms with van der Waals surface area (Å²) in [4.78, 5) is 14.1. The second kappa shape index (κ2) is 6.38. The topological polar surface area (TPSA) is 66.5 Å². The van der Waals surface area contributed by atoms with Gasteiger partial charge in [-0.1, -0.05) is 43.2 Å². The van der Waals surface area contributed by atoms with Gasteiger partial charge in [-0.25, -0.2) is 13.1 Å². The molecule has 1 heterocycles. The second-order valence-electron chi connectivity index (χ2n) is 6.26. The quantitative estimate of drug-likeness (QED) is 0.827. The molecule has 0 spiro atoms. The number of sulfonamides is 1. The molecule has 1 saturated carbocycles. The van der Waals surface area contributed by atoms with E-state index in [4.69, 9.17) is 0 Å². The van der Waals surface area contributed by atoms with E-state index in [2.05, 4.69) is 4.72 Å². The Morgan fingerprint density at radius 2 is 1.86 bits per heavy atom. The summed E-state index contributed by atoms with van der Waals surface area (Å²) in [6.07, 6.45) is 3.55. The summed E-state index contributed by atoms with van der Waals surface area (Å²) < 4.78 is 26.7. The summed E-state index contributed by atoms with van der Waals surface area (Å²) >= 11 is 0. The number of benzene rings is 1. The molecule has 0 radical (unpaired) electrons. The lowest BCUT2D eigenvalue weighted by atomic mass is 10.2. The van der Waals surface area contributed by atoms with Crippen molar-refractivity contribution in [3.05, 3.63) is 35.9 Å². The standard InChI is InChI=1S/C16H22N2O3S/c19-16-15(17-22(20,21)11-9-13-6-7-13)8-10-18(16)12-14-4-2-1-3-5-14/h1-5,13,15,17H,6-12H2/t15-/m1/s1. The molecule has 1 aliphatic heterocycles. The number of likely N-dealkylation sites (tertiary alicyclic amines) is 1. The van der Waals surface area contributed by atoms with Gasteiger partial charge >= 0.3 is 0 Å². The lowest BCUT2D eigenvalue weighted by Gasteiger charge is -2.17. The third-order valence-electron chi connectivity index (χ3n) is 4.33. The molecular formula is C16H22N2O3S. The zero-order valence-electron chi connectivity index (χ0n) is 12.6. The predicted molar refractivity (Wildman–Crippen MR) is 84.5 cm³/mol. The van der Waals surface area contributed by atoms with Crippen molar-refractivity contribution >= 4 is 15.9 Å². The Morgan fingerprint density at radius 3 is 2.55 bits per heavy atom. The lowest BCUT2D eigenvalue weighted by Crippen LogP contribution is -2.42. The van der Waals surface area contributed by atoms with E-state index in [0.29, 0.717) is 31.8 Å². The number of hydrogen-bond acceptors (Lipinski definition) is 3. The molecule has 1 aromatic rings. The highest BCUT2D eigenvalue weighted by atomic mass is 32.2. The van der Waals surface area contributed by atoms with E-state index in [1.807, 2.05) is 30.3 Å². The summed E-state index contributed by atoms with van der Waals surface area (Å²) in [6.45, 7) is 1.14. The zero-order valence-corrected chi connectivity index (χ0v) is 13.4. The Bertz CT molecular complexity index is 626. The highest BCUT2D eigenvalue weighted by Gasteiger charge is 2.34. The van der Waals surface area contributed by atoms with Crippen LogP contribution in [-0.2, 0) is 21.4 Å². The number of nitrogens with zero attached hydrogens (tertiary/aromatic N) is 1. The molecular weight excluding hydrogens is 300 g/mol. The van der Waals surface area contributed by atoms with Crippen LogP contribution in [0, 0.1) is 5.92 Å². The van der Waals surface area contributed by atoms with E-state index in [0.717, 1.165) is 18.4 Å². The highest BCUT2D eigenvalue weighted by molar-refractivity contribution is 7.89. The molecule has 1 amide bonds. The number of carbonyl (C=O) groups excluding carboxylic acids is 1. The van der Waals surface area contributed by atoms with Crippen LogP contribution in [0.4, 0.5) is 0 Å². The molecule has 120 valence electrons. The molecule has 0 aromatic heterocycles. The Hall–Kier alpha value is -1.40. The fourth-order valence-corrected chi connectivity index (χ4v) is 4.23. The van der Waals surface area contributed by atoms with Crippen LogP contribution in [0.2, 0.25) is 0 Å². The summed E-state index contributed by atoms with van der Waals surface area (Å²) in [6, 6.07) is 9.17. The maximum absolute atomic E-state index is 12.3. The number of amides is 1. The third-order valence-corrected chi connectivity index (χ3v) is 5.74. The SMILES string of the molecule is O=C1[C@H](NS(=O)(=O)CCC2CC2)CCN1Cc1ccccc1. The Labute approximate surface area is 131 Å². The van der Waals surface area contributed by atoms with Crippen LogP contribution in [0.15, 0.2) is 30.3 Å². The van der Waals surface area contributed by atoms with Gasteiger partial charge in [-0.2, -0.15) is 0 Å². The third kappa shape index (κ3) is 4.08. The van der Waals surface area contributed by atoms with Crippen LogP contribution in [0.5, 0.6) is 0 Å². The number of carbonyl (C=O) groups is 1. The monoisotopic (exact) mass is 322 g/mol. The van der Waals surface area contributed by atoms with Gasteiger partial charge in [-0.15, -0.1) is 0 Å². The molecule has 0 unspecified atom stereocenters. The smallest absolute Gasteiger partial charge is 0.241 e. The molecule has 1 atom stereocenters. The molecule has 3 rings (SSSR count). The highest BCUT2D eigenvalue weighted by Crippen LogP contribution is 2.32. The Balaban J connectivity index is 1.54. The first-order chi connectivity index (χ1) is 10.5. The average molecular weight is 322 g/mol. The number of hydrogen-bond donors (Lipinski definition) is 1. The van der Waals surface area contributed by atoms with E-state index >= 15 is 0 Å². The summed E-state index contributed by atoms with van der Waals surface area (Å²) in [7, 11) is -3.35. The normalized spacial score (nSPS) is 22.3. The lowest BCUT2D eigenvalue weighted by molar-refractivity contribution is -0.129. The van der Waals surface area contributed by atoms with Gasteiger partial charge < -0.3 is 4.90 Å². The number of rotatable bonds is 7. The molecule has 5 nitrogen and oxygen atoms in total. The van der Waals surface area contributed by atoms with Crippen LogP contribution < -0.4 is 4.72 Å². The van der Waals surface area contributed by atoms with Crippen molar-refractivity contribution in [3.8, 4) is 0 Å². The maximum Gasteiger partial charge on any atom is 0.241 e. The van der Waals surface area contributed by atoms with Crippen molar-refractivity contribution in [2.24, 2.45) is 5.92 Å². The van der Waals surface area contributed by atoms with Crippen molar-refractivity contribution in [3.63, 3.8) is 0 Å².